The van der Waals surface area contributed by atoms with Crippen molar-refractivity contribution >= 4 is 11.7 Å². The van der Waals surface area contributed by atoms with E-state index in [2.05, 4.69) is 4.98 Å². The first kappa shape index (κ1) is 12.7. The number of hydrogen-bond donors (Lipinski definition) is 2. The van der Waals surface area contributed by atoms with Gasteiger partial charge < -0.3 is 11.5 Å². The number of ketones is 1. The fourth-order valence-corrected chi connectivity index (χ4v) is 2.34. The molecule has 0 aliphatic heterocycles. The molecule has 1 aliphatic carbocycles. The van der Waals surface area contributed by atoms with Gasteiger partial charge in [0.2, 0.25) is 0 Å². The number of hydrogen-bond acceptors (Lipinski definition) is 4. The zero-order valence-electron chi connectivity index (χ0n) is 10.2. The predicted octanol–water partition coefficient (Wildman–Crippen LogP) is 0.866. The van der Waals surface area contributed by atoms with Gasteiger partial charge in [0, 0.05) is 31.0 Å². The highest BCUT2D eigenvalue weighted by molar-refractivity contribution is 5.92. The van der Waals surface area contributed by atoms with Crippen LogP contribution in [0.1, 0.15) is 53.3 Å². The van der Waals surface area contributed by atoms with Crippen molar-refractivity contribution in [2.75, 3.05) is 0 Å². The van der Waals surface area contributed by atoms with Crippen molar-refractivity contribution < 1.29 is 9.59 Å². The van der Waals surface area contributed by atoms with Crippen LogP contribution in [0.25, 0.3) is 0 Å². The standard InChI is InChI=1S/C13H17N3O2/c14-7-9-3-6-11(16-12(9)13(15)18)8-1-4-10(17)5-2-8/h3,6,8H,1-2,4-5,7,14H2,(H2,15,18). The Balaban J connectivity index is 2.26. The third-order valence-electron chi connectivity index (χ3n) is 3.42. The van der Waals surface area contributed by atoms with Crippen molar-refractivity contribution in [3.05, 3.63) is 29.1 Å². The highest BCUT2D eigenvalue weighted by Gasteiger charge is 2.22. The molecule has 0 aromatic carbocycles. The quantitative estimate of drug-likeness (QED) is 0.827. The van der Waals surface area contributed by atoms with Crippen molar-refractivity contribution in [3.63, 3.8) is 0 Å². The van der Waals surface area contributed by atoms with Gasteiger partial charge in [0.1, 0.15) is 11.5 Å². The minimum absolute atomic E-state index is 0.243. The van der Waals surface area contributed by atoms with Gasteiger partial charge in [0.15, 0.2) is 0 Å². The van der Waals surface area contributed by atoms with E-state index >= 15 is 0 Å². The molecule has 0 spiro atoms. The molecule has 1 amide bonds. The molecule has 1 aliphatic rings. The van der Waals surface area contributed by atoms with Gasteiger partial charge in [-0.05, 0) is 24.5 Å². The van der Waals surface area contributed by atoms with Crippen LogP contribution in [0.3, 0.4) is 0 Å². The zero-order chi connectivity index (χ0) is 13.1. The largest absolute Gasteiger partial charge is 0.364 e. The summed E-state index contributed by atoms with van der Waals surface area (Å²) in [4.78, 5) is 26.8. The molecule has 1 heterocycles. The number of pyridine rings is 1. The lowest BCUT2D eigenvalue weighted by Crippen LogP contribution is -2.20. The first-order valence-corrected chi connectivity index (χ1v) is 6.13. The van der Waals surface area contributed by atoms with Crippen LogP contribution in [0.5, 0.6) is 0 Å². The van der Waals surface area contributed by atoms with Gasteiger partial charge in [-0.25, -0.2) is 4.98 Å². The van der Waals surface area contributed by atoms with E-state index in [1.165, 1.54) is 0 Å². The molecule has 0 radical (unpaired) electrons. The van der Waals surface area contributed by atoms with E-state index in [0.717, 1.165) is 18.5 Å². The number of carbonyl (C=O) groups is 2. The van der Waals surface area contributed by atoms with Gasteiger partial charge in [0.05, 0.1) is 0 Å². The number of aromatic nitrogens is 1. The van der Waals surface area contributed by atoms with Crippen LogP contribution in [0, 0.1) is 0 Å². The Morgan fingerprint density at radius 2 is 2.00 bits per heavy atom. The van der Waals surface area contributed by atoms with E-state index in [4.69, 9.17) is 11.5 Å². The molecular weight excluding hydrogens is 230 g/mol. The minimum Gasteiger partial charge on any atom is -0.364 e. The lowest BCUT2D eigenvalue weighted by molar-refractivity contribution is -0.120. The number of rotatable bonds is 3. The molecule has 0 atom stereocenters. The van der Waals surface area contributed by atoms with Crippen LogP contribution in [0.2, 0.25) is 0 Å². The summed E-state index contributed by atoms with van der Waals surface area (Å²) in [7, 11) is 0. The lowest BCUT2D eigenvalue weighted by atomic mass is 9.85. The fourth-order valence-electron chi connectivity index (χ4n) is 2.34. The Morgan fingerprint density at radius 3 is 2.56 bits per heavy atom. The van der Waals surface area contributed by atoms with Crippen molar-refractivity contribution in [2.45, 2.75) is 38.1 Å². The third kappa shape index (κ3) is 2.56. The van der Waals surface area contributed by atoms with Crippen LogP contribution < -0.4 is 11.5 Å². The molecule has 18 heavy (non-hydrogen) atoms. The maximum absolute atomic E-state index is 11.3. The topological polar surface area (TPSA) is 99.1 Å². The monoisotopic (exact) mass is 247 g/mol. The zero-order valence-corrected chi connectivity index (χ0v) is 10.2. The number of primary amides is 1. The molecule has 96 valence electrons. The molecule has 0 saturated heterocycles. The summed E-state index contributed by atoms with van der Waals surface area (Å²) in [5, 5.41) is 0. The second-order valence-electron chi connectivity index (χ2n) is 4.63. The van der Waals surface area contributed by atoms with Gasteiger partial charge in [-0.15, -0.1) is 0 Å². The van der Waals surface area contributed by atoms with E-state index in [9.17, 15) is 9.59 Å². The van der Waals surface area contributed by atoms with Gasteiger partial charge in [-0.1, -0.05) is 6.07 Å². The summed E-state index contributed by atoms with van der Waals surface area (Å²) in [5.41, 5.74) is 12.6. The molecule has 0 unspecified atom stereocenters. The Bertz CT molecular complexity index is 475. The van der Waals surface area contributed by atoms with Crippen molar-refractivity contribution in [1.29, 1.82) is 0 Å². The van der Waals surface area contributed by atoms with E-state index < -0.39 is 5.91 Å². The summed E-state index contributed by atoms with van der Waals surface area (Å²) in [6, 6.07) is 3.69. The molecule has 1 aromatic rings. The summed E-state index contributed by atoms with van der Waals surface area (Å²) < 4.78 is 0. The van der Waals surface area contributed by atoms with Crippen molar-refractivity contribution in [3.8, 4) is 0 Å². The minimum atomic E-state index is -0.552. The number of carbonyl (C=O) groups excluding carboxylic acids is 2. The molecule has 5 heteroatoms. The van der Waals surface area contributed by atoms with E-state index in [0.29, 0.717) is 24.2 Å². The molecule has 1 saturated carbocycles. The number of Topliss-reactive ketones (excluding diaryl/α,β-unsaturated/α-hetero) is 1. The molecule has 5 nitrogen and oxygen atoms in total. The molecule has 2 rings (SSSR count). The normalized spacial score (nSPS) is 16.8. The van der Waals surface area contributed by atoms with Crippen LogP contribution in [0.15, 0.2) is 12.1 Å². The van der Waals surface area contributed by atoms with E-state index in [1.807, 2.05) is 6.07 Å². The average Bonchev–Trinajstić information content (AvgIpc) is 2.39. The van der Waals surface area contributed by atoms with Crippen LogP contribution in [0.4, 0.5) is 0 Å². The number of nitrogens with zero attached hydrogens (tertiary/aromatic N) is 1. The van der Waals surface area contributed by atoms with Gasteiger partial charge in [0.25, 0.3) is 5.91 Å². The Hall–Kier alpha value is -1.75. The molecule has 1 aromatic heterocycles. The maximum atomic E-state index is 11.3. The van der Waals surface area contributed by atoms with E-state index in [1.54, 1.807) is 6.07 Å². The summed E-state index contributed by atoms with van der Waals surface area (Å²) in [6.45, 7) is 0.245. The highest BCUT2D eigenvalue weighted by atomic mass is 16.1. The fraction of sp³-hybridized carbons (Fsp3) is 0.462. The summed E-state index contributed by atoms with van der Waals surface area (Å²) in [5.74, 6) is -0.00300. The van der Waals surface area contributed by atoms with Crippen LogP contribution in [-0.2, 0) is 11.3 Å². The first-order valence-electron chi connectivity index (χ1n) is 6.13. The van der Waals surface area contributed by atoms with Gasteiger partial charge >= 0.3 is 0 Å². The molecule has 1 fully saturated rings. The number of amides is 1. The lowest BCUT2D eigenvalue weighted by Gasteiger charge is -2.21. The van der Waals surface area contributed by atoms with E-state index in [-0.39, 0.29) is 18.2 Å². The molecular formula is C13H17N3O2. The van der Waals surface area contributed by atoms with Crippen molar-refractivity contribution in [1.82, 2.24) is 4.98 Å². The SMILES string of the molecule is NCc1ccc(C2CCC(=O)CC2)nc1C(N)=O. The molecule has 0 bridgehead atoms. The smallest absolute Gasteiger partial charge is 0.267 e. The Morgan fingerprint density at radius 1 is 1.33 bits per heavy atom. The number of nitrogens with two attached hydrogens (primary N) is 2. The predicted molar refractivity (Wildman–Crippen MR) is 66.9 cm³/mol. The summed E-state index contributed by atoms with van der Waals surface area (Å²) >= 11 is 0. The van der Waals surface area contributed by atoms with Crippen LogP contribution >= 0.6 is 0 Å². The first-order chi connectivity index (χ1) is 8.61. The third-order valence-corrected chi connectivity index (χ3v) is 3.42. The average molecular weight is 247 g/mol. The van der Waals surface area contributed by atoms with Gasteiger partial charge in [-0.2, -0.15) is 0 Å². The van der Waals surface area contributed by atoms with Crippen molar-refractivity contribution in [2.24, 2.45) is 11.5 Å². The second-order valence-corrected chi connectivity index (χ2v) is 4.63. The molecule has 4 N–H and O–H groups in total. The van der Waals surface area contributed by atoms with Crippen LogP contribution in [-0.4, -0.2) is 16.7 Å². The Labute approximate surface area is 106 Å². The second kappa shape index (κ2) is 5.27. The Kier molecular flexibility index (Phi) is 3.72. The summed E-state index contributed by atoms with van der Waals surface area (Å²) in [6.07, 6.45) is 2.78. The maximum Gasteiger partial charge on any atom is 0.267 e. The highest BCUT2D eigenvalue weighted by Crippen LogP contribution is 2.30. The van der Waals surface area contributed by atoms with Gasteiger partial charge in [-0.3, -0.25) is 9.59 Å².